The number of halogens is 3. The Morgan fingerprint density at radius 1 is 1.18 bits per heavy atom. The minimum atomic E-state index is -4.59. The number of rotatable bonds is 4. The standard InChI is InChI=1S/C25H21F3N4OS/c26-25(27,28)19-12-18(15-4-2-1-3-5-15)14-32-21(16-6-7-16)20(30-22(19)32)24(33)31-10-8-17(13-31)23-29-9-11-34-23/h2,4-5,8-9,11-12,14,16H,1,3,6-7,10,13H2. The number of nitrogens with zero attached hydrogens (tertiary/aromatic N) is 4. The fourth-order valence-electron chi connectivity index (χ4n) is 4.66. The highest BCUT2D eigenvalue weighted by atomic mass is 32.1. The number of allylic oxidation sites excluding steroid dienone is 4. The molecule has 5 nitrogen and oxygen atoms in total. The van der Waals surface area contributed by atoms with Gasteiger partial charge in [0.1, 0.15) is 10.7 Å². The average molecular weight is 483 g/mol. The van der Waals surface area contributed by atoms with E-state index in [0.717, 1.165) is 47.9 Å². The van der Waals surface area contributed by atoms with E-state index in [-0.39, 0.29) is 23.2 Å². The van der Waals surface area contributed by atoms with E-state index in [0.29, 0.717) is 24.3 Å². The fraction of sp³-hybridized carbons (Fsp3) is 0.320. The van der Waals surface area contributed by atoms with Gasteiger partial charge in [-0.25, -0.2) is 9.97 Å². The Bertz CT molecular complexity index is 1380. The third-order valence-corrected chi connectivity index (χ3v) is 7.32. The second-order valence-electron chi connectivity index (χ2n) is 8.85. The zero-order valence-corrected chi connectivity index (χ0v) is 19.0. The van der Waals surface area contributed by atoms with Crippen LogP contribution in [-0.4, -0.2) is 38.3 Å². The molecule has 0 unspecified atom stereocenters. The number of hydrogen-bond acceptors (Lipinski definition) is 4. The van der Waals surface area contributed by atoms with Crippen LogP contribution in [0.2, 0.25) is 0 Å². The lowest BCUT2D eigenvalue weighted by molar-refractivity contribution is -0.136. The predicted molar refractivity (Wildman–Crippen MR) is 125 cm³/mol. The van der Waals surface area contributed by atoms with Crippen molar-refractivity contribution in [1.82, 2.24) is 19.3 Å². The highest BCUT2D eigenvalue weighted by molar-refractivity contribution is 7.10. The molecule has 1 aliphatic heterocycles. The molecule has 0 bridgehead atoms. The molecular weight excluding hydrogens is 461 g/mol. The van der Waals surface area contributed by atoms with Crippen LogP contribution in [-0.2, 0) is 6.18 Å². The van der Waals surface area contributed by atoms with Gasteiger partial charge in [-0.05, 0) is 42.9 Å². The largest absolute Gasteiger partial charge is 0.420 e. The van der Waals surface area contributed by atoms with E-state index in [1.165, 1.54) is 15.7 Å². The van der Waals surface area contributed by atoms with Gasteiger partial charge in [0, 0.05) is 42.4 Å². The maximum Gasteiger partial charge on any atom is 0.420 e. The molecule has 0 saturated heterocycles. The predicted octanol–water partition coefficient (Wildman–Crippen LogP) is 5.96. The van der Waals surface area contributed by atoms with E-state index in [9.17, 15) is 18.0 Å². The molecule has 174 valence electrons. The molecule has 0 spiro atoms. The number of aromatic nitrogens is 3. The van der Waals surface area contributed by atoms with Gasteiger partial charge in [-0.3, -0.25) is 4.79 Å². The second-order valence-corrected chi connectivity index (χ2v) is 9.74. The van der Waals surface area contributed by atoms with Crippen LogP contribution in [0.25, 0.3) is 16.8 Å². The molecule has 34 heavy (non-hydrogen) atoms. The number of imidazole rings is 1. The van der Waals surface area contributed by atoms with Crippen LogP contribution in [0.1, 0.15) is 63.9 Å². The number of carbonyl (C=O) groups is 1. The third kappa shape index (κ3) is 3.68. The van der Waals surface area contributed by atoms with Crippen molar-refractivity contribution < 1.29 is 18.0 Å². The van der Waals surface area contributed by atoms with Crippen molar-refractivity contribution >= 4 is 34.0 Å². The first-order chi connectivity index (χ1) is 16.4. The topological polar surface area (TPSA) is 50.5 Å². The summed E-state index contributed by atoms with van der Waals surface area (Å²) in [5, 5.41) is 2.73. The summed E-state index contributed by atoms with van der Waals surface area (Å²) in [7, 11) is 0. The van der Waals surface area contributed by atoms with E-state index in [4.69, 9.17) is 0 Å². The molecule has 6 rings (SSSR count). The van der Waals surface area contributed by atoms with E-state index >= 15 is 0 Å². The minimum Gasteiger partial charge on any atom is -0.329 e. The first-order valence-corrected chi connectivity index (χ1v) is 12.2. The van der Waals surface area contributed by atoms with Crippen molar-refractivity contribution in [2.45, 2.75) is 37.8 Å². The lowest BCUT2D eigenvalue weighted by Crippen LogP contribution is -2.30. The molecule has 0 radical (unpaired) electrons. The van der Waals surface area contributed by atoms with Crippen LogP contribution >= 0.6 is 11.3 Å². The smallest absolute Gasteiger partial charge is 0.329 e. The number of fused-ring (bicyclic) bond motifs is 1. The summed E-state index contributed by atoms with van der Waals surface area (Å²) in [6, 6.07) is 1.16. The molecule has 3 aromatic heterocycles. The zero-order chi connectivity index (χ0) is 23.4. The van der Waals surface area contributed by atoms with Gasteiger partial charge in [-0.1, -0.05) is 24.3 Å². The normalized spacial score (nSPS) is 18.5. The summed E-state index contributed by atoms with van der Waals surface area (Å²) in [4.78, 5) is 23.8. The Morgan fingerprint density at radius 3 is 2.71 bits per heavy atom. The first-order valence-electron chi connectivity index (χ1n) is 11.3. The van der Waals surface area contributed by atoms with Gasteiger partial charge in [0.05, 0.1) is 11.3 Å². The van der Waals surface area contributed by atoms with Crippen molar-refractivity contribution in [3.8, 4) is 0 Å². The Labute approximate surface area is 197 Å². The van der Waals surface area contributed by atoms with Crippen LogP contribution in [0.5, 0.6) is 0 Å². The Hall–Kier alpha value is -3.20. The molecule has 1 amide bonds. The minimum absolute atomic E-state index is 0.0372. The molecular formula is C25H21F3N4OS. The maximum atomic E-state index is 14.1. The fourth-order valence-corrected chi connectivity index (χ4v) is 5.33. The van der Waals surface area contributed by atoms with Crippen molar-refractivity contribution in [3.05, 3.63) is 75.7 Å². The van der Waals surface area contributed by atoms with Gasteiger partial charge in [0.15, 0.2) is 5.69 Å². The van der Waals surface area contributed by atoms with E-state index in [1.54, 1.807) is 17.3 Å². The third-order valence-electron chi connectivity index (χ3n) is 6.47. The van der Waals surface area contributed by atoms with Crippen LogP contribution in [0.15, 0.2) is 48.1 Å². The second kappa shape index (κ2) is 7.94. The first kappa shape index (κ1) is 21.3. The van der Waals surface area contributed by atoms with Gasteiger partial charge in [0.2, 0.25) is 0 Å². The van der Waals surface area contributed by atoms with Crippen LogP contribution in [0.4, 0.5) is 13.2 Å². The monoisotopic (exact) mass is 482 g/mol. The Balaban J connectivity index is 1.45. The molecule has 0 atom stereocenters. The van der Waals surface area contributed by atoms with Crippen molar-refractivity contribution in [1.29, 1.82) is 0 Å². The van der Waals surface area contributed by atoms with Gasteiger partial charge in [-0.2, -0.15) is 13.2 Å². The number of pyridine rings is 1. The molecule has 0 N–H and O–H groups in total. The summed E-state index contributed by atoms with van der Waals surface area (Å²) in [5.41, 5.74) is 1.92. The molecule has 9 heteroatoms. The number of thiazole rings is 1. The highest BCUT2D eigenvalue weighted by Gasteiger charge is 2.40. The number of alkyl halides is 3. The highest BCUT2D eigenvalue weighted by Crippen LogP contribution is 2.44. The van der Waals surface area contributed by atoms with Crippen LogP contribution < -0.4 is 0 Å². The molecule has 4 heterocycles. The van der Waals surface area contributed by atoms with Crippen molar-refractivity contribution in [2.24, 2.45) is 0 Å². The van der Waals surface area contributed by atoms with E-state index in [2.05, 4.69) is 9.97 Å². The molecule has 1 saturated carbocycles. The summed E-state index contributed by atoms with van der Waals surface area (Å²) in [5.74, 6) is -0.296. The SMILES string of the molecule is O=C(c1nc2c(C(F)(F)F)cc(C3=CCCC=C3)cn2c1C1CC1)N1CC=C(c2nccs2)C1. The van der Waals surface area contributed by atoms with Gasteiger partial charge in [0.25, 0.3) is 5.91 Å². The van der Waals surface area contributed by atoms with Crippen molar-refractivity contribution in [2.75, 3.05) is 13.1 Å². The summed E-state index contributed by atoms with van der Waals surface area (Å²) < 4.78 is 43.9. The van der Waals surface area contributed by atoms with Gasteiger partial charge in [-0.15, -0.1) is 11.3 Å². The Morgan fingerprint density at radius 2 is 2.03 bits per heavy atom. The van der Waals surface area contributed by atoms with Gasteiger partial charge < -0.3 is 9.30 Å². The molecule has 3 aliphatic rings. The molecule has 0 aromatic carbocycles. The molecule has 1 fully saturated rings. The van der Waals surface area contributed by atoms with E-state index in [1.807, 2.05) is 29.7 Å². The maximum absolute atomic E-state index is 14.1. The zero-order valence-electron chi connectivity index (χ0n) is 18.2. The van der Waals surface area contributed by atoms with Crippen LogP contribution in [0, 0.1) is 0 Å². The van der Waals surface area contributed by atoms with Crippen LogP contribution in [0.3, 0.4) is 0 Å². The number of hydrogen-bond donors (Lipinski definition) is 0. The van der Waals surface area contributed by atoms with Crippen molar-refractivity contribution in [3.63, 3.8) is 0 Å². The quantitative estimate of drug-likeness (QED) is 0.461. The summed E-state index contributed by atoms with van der Waals surface area (Å²) in [6.07, 6.45) is 9.92. The summed E-state index contributed by atoms with van der Waals surface area (Å²) in [6.45, 7) is 0.764. The molecule has 3 aromatic rings. The Kier molecular flexibility index (Phi) is 4.98. The van der Waals surface area contributed by atoms with Gasteiger partial charge >= 0.3 is 6.18 Å². The number of amides is 1. The van der Waals surface area contributed by atoms with E-state index < -0.39 is 11.7 Å². The average Bonchev–Trinajstić information content (AvgIpc) is 3.22. The molecule has 2 aliphatic carbocycles. The summed E-state index contributed by atoms with van der Waals surface area (Å²) >= 11 is 1.50. The lowest BCUT2D eigenvalue weighted by Gasteiger charge is -2.16. The number of carbonyl (C=O) groups excluding carboxylic acids is 1. The lowest BCUT2D eigenvalue weighted by atomic mass is 9.99.